The highest BCUT2D eigenvalue weighted by atomic mass is 79.9. The van der Waals surface area contributed by atoms with Crippen LogP contribution in [0.1, 0.15) is 19.2 Å². The number of rotatable bonds is 4. The molecule has 2 heterocycles. The van der Waals surface area contributed by atoms with Crippen molar-refractivity contribution in [2.24, 2.45) is 0 Å². The largest absolute Gasteiger partial charge is 0.339 e. The molecule has 0 amide bonds. The molecule has 0 N–H and O–H groups in total. The Morgan fingerprint density at radius 1 is 1.29 bits per heavy atom. The van der Waals surface area contributed by atoms with Crippen molar-refractivity contribution in [3.63, 3.8) is 0 Å². The maximum Gasteiger partial charge on any atom is 0.227 e. The van der Waals surface area contributed by atoms with Gasteiger partial charge in [-0.15, -0.1) is 0 Å². The first kappa shape index (κ1) is 13.9. The summed E-state index contributed by atoms with van der Waals surface area (Å²) in [5.41, 5.74) is 1.50. The van der Waals surface area contributed by atoms with Gasteiger partial charge in [0.15, 0.2) is 0 Å². The van der Waals surface area contributed by atoms with Crippen LogP contribution < -0.4 is 0 Å². The topological polar surface area (TPSA) is 68.9 Å². The van der Waals surface area contributed by atoms with Gasteiger partial charge in [0.2, 0.25) is 11.7 Å². The van der Waals surface area contributed by atoms with E-state index >= 15 is 0 Å². The lowest BCUT2D eigenvalue weighted by molar-refractivity contribution is -0.117. The fourth-order valence-electron chi connectivity index (χ4n) is 1.98. The highest BCUT2D eigenvalue weighted by Gasteiger charge is 2.14. The third-order valence-corrected chi connectivity index (χ3v) is 3.65. The molecule has 6 heteroatoms. The van der Waals surface area contributed by atoms with Crippen molar-refractivity contribution in [3.05, 3.63) is 40.7 Å². The van der Waals surface area contributed by atoms with Crippen molar-refractivity contribution in [2.45, 2.75) is 19.8 Å². The zero-order chi connectivity index (χ0) is 14.8. The molecule has 0 bridgehead atoms. The van der Waals surface area contributed by atoms with E-state index in [1.165, 1.54) is 0 Å². The summed E-state index contributed by atoms with van der Waals surface area (Å²) >= 11 is 3.49. The molecule has 2 aromatic heterocycles. The van der Waals surface area contributed by atoms with Crippen molar-refractivity contribution in [1.29, 1.82) is 0 Å². The second kappa shape index (κ2) is 5.73. The molecule has 5 nitrogen and oxygen atoms in total. The summed E-state index contributed by atoms with van der Waals surface area (Å²) in [5, 5.41) is 4.98. The van der Waals surface area contributed by atoms with Gasteiger partial charge in [0.05, 0.1) is 5.52 Å². The number of nitrogens with zero attached hydrogens (tertiary/aromatic N) is 3. The number of aryl methyl sites for hydroxylation is 1. The molecular weight excluding hydrogens is 334 g/mol. The first-order chi connectivity index (χ1) is 10.1. The lowest BCUT2D eigenvalue weighted by Crippen LogP contribution is -1.94. The summed E-state index contributed by atoms with van der Waals surface area (Å²) in [6, 6.07) is 9.79. The van der Waals surface area contributed by atoms with E-state index < -0.39 is 0 Å². The van der Waals surface area contributed by atoms with Crippen LogP contribution in [0.15, 0.2) is 39.3 Å². The predicted octanol–water partition coefficient (Wildman–Crippen LogP) is 3.57. The Labute approximate surface area is 129 Å². The number of hydrogen-bond acceptors (Lipinski definition) is 5. The minimum Gasteiger partial charge on any atom is -0.339 e. The monoisotopic (exact) mass is 345 g/mol. The van der Waals surface area contributed by atoms with Gasteiger partial charge in [-0.3, -0.25) is 0 Å². The van der Waals surface area contributed by atoms with E-state index in [4.69, 9.17) is 4.52 Å². The molecule has 0 saturated carbocycles. The van der Waals surface area contributed by atoms with E-state index in [0.717, 1.165) is 15.4 Å². The van der Waals surface area contributed by atoms with Crippen LogP contribution in [0, 0.1) is 0 Å². The number of fused-ring (bicyclic) bond motifs is 1. The maximum absolute atomic E-state index is 11.0. The van der Waals surface area contributed by atoms with Gasteiger partial charge in [-0.05, 0) is 35.0 Å². The third kappa shape index (κ3) is 3.00. The number of aromatic nitrogens is 3. The number of para-hydroxylation sites is 1. The van der Waals surface area contributed by atoms with Gasteiger partial charge in [0.1, 0.15) is 11.5 Å². The summed E-state index contributed by atoms with van der Waals surface area (Å²) in [5.74, 6) is 0.966. The molecule has 1 aromatic carbocycles. The molecule has 0 aliphatic carbocycles. The van der Waals surface area contributed by atoms with E-state index in [1.807, 2.05) is 30.3 Å². The van der Waals surface area contributed by atoms with Crippen molar-refractivity contribution >= 4 is 32.6 Å². The fraction of sp³-hybridized carbons (Fsp3) is 0.200. The minimum atomic E-state index is 0.0970. The summed E-state index contributed by atoms with van der Waals surface area (Å²) in [4.78, 5) is 19.8. The number of carbonyl (C=O) groups excluding carboxylic acids is 1. The number of pyridine rings is 1. The number of carbonyl (C=O) groups is 1. The normalized spacial score (nSPS) is 11.0. The average molecular weight is 346 g/mol. The van der Waals surface area contributed by atoms with Crippen LogP contribution in [-0.2, 0) is 11.2 Å². The van der Waals surface area contributed by atoms with Crippen LogP contribution in [-0.4, -0.2) is 20.9 Å². The first-order valence-electron chi connectivity index (χ1n) is 6.51. The highest BCUT2D eigenvalue weighted by molar-refractivity contribution is 9.10. The molecule has 0 fully saturated rings. The molecule has 3 rings (SSSR count). The Hall–Kier alpha value is -2.08. The van der Waals surface area contributed by atoms with Gasteiger partial charge in [-0.1, -0.05) is 23.4 Å². The van der Waals surface area contributed by atoms with Crippen molar-refractivity contribution in [2.75, 3.05) is 0 Å². The van der Waals surface area contributed by atoms with Crippen molar-refractivity contribution in [1.82, 2.24) is 15.1 Å². The van der Waals surface area contributed by atoms with Crippen LogP contribution in [0.3, 0.4) is 0 Å². The zero-order valence-corrected chi connectivity index (χ0v) is 12.9. The van der Waals surface area contributed by atoms with E-state index in [1.54, 1.807) is 6.92 Å². The maximum atomic E-state index is 11.0. The van der Waals surface area contributed by atoms with Gasteiger partial charge >= 0.3 is 0 Å². The Morgan fingerprint density at radius 3 is 2.90 bits per heavy atom. The Morgan fingerprint density at radius 2 is 2.10 bits per heavy atom. The van der Waals surface area contributed by atoms with Gasteiger partial charge in [-0.25, -0.2) is 4.98 Å². The highest BCUT2D eigenvalue weighted by Crippen LogP contribution is 2.27. The third-order valence-electron chi connectivity index (χ3n) is 3.05. The summed E-state index contributed by atoms with van der Waals surface area (Å²) < 4.78 is 5.97. The van der Waals surface area contributed by atoms with Crippen LogP contribution >= 0.6 is 15.9 Å². The molecule has 0 radical (unpaired) electrons. The fourth-order valence-corrected chi connectivity index (χ4v) is 2.50. The molecule has 0 aliphatic heterocycles. The van der Waals surface area contributed by atoms with Crippen LogP contribution in [0.2, 0.25) is 0 Å². The van der Waals surface area contributed by atoms with Crippen molar-refractivity contribution < 1.29 is 9.32 Å². The standard InChI is InChI=1S/C15H12BrN3O2/c1-9(20)6-7-13-18-15(19-21-13)14-11(16)8-10-4-2-3-5-12(10)17-14/h2-5,8H,6-7H2,1H3. The summed E-state index contributed by atoms with van der Waals surface area (Å²) in [7, 11) is 0. The minimum absolute atomic E-state index is 0.0970. The number of ketones is 1. The molecule has 0 saturated heterocycles. The molecule has 106 valence electrons. The molecule has 0 unspecified atom stereocenters. The lowest BCUT2D eigenvalue weighted by atomic mass is 10.2. The Bertz CT molecular complexity index is 814. The SMILES string of the molecule is CC(=O)CCc1nc(-c2nc3ccccc3cc2Br)no1. The molecule has 0 spiro atoms. The second-order valence-electron chi connectivity index (χ2n) is 4.73. The van der Waals surface area contributed by atoms with E-state index in [0.29, 0.717) is 30.3 Å². The molecule has 21 heavy (non-hydrogen) atoms. The van der Waals surface area contributed by atoms with E-state index in [-0.39, 0.29) is 5.78 Å². The van der Waals surface area contributed by atoms with Crippen LogP contribution in [0.4, 0.5) is 0 Å². The number of Topliss-reactive ketones (excluding diaryl/α,β-unsaturated/α-hetero) is 1. The smallest absolute Gasteiger partial charge is 0.227 e. The summed E-state index contributed by atoms with van der Waals surface area (Å²) in [6.45, 7) is 1.54. The number of hydrogen-bond donors (Lipinski definition) is 0. The van der Waals surface area contributed by atoms with Gasteiger partial charge in [-0.2, -0.15) is 4.98 Å². The molecule has 3 aromatic rings. The van der Waals surface area contributed by atoms with Gasteiger partial charge < -0.3 is 9.32 Å². The zero-order valence-electron chi connectivity index (χ0n) is 11.3. The first-order valence-corrected chi connectivity index (χ1v) is 7.30. The second-order valence-corrected chi connectivity index (χ2v) is 5.58. The Kier molecular flexibility index (Phi) is 3.79. The lowest BCUT2D eigenvalue weighted by Gasteiger charge is -2.02. The predicted molar refractivity (Wildman–Crippen MR) is 81.7 cm³/mol. The Balaban J connectivity index is 1.96. The van der Waals surface area contributed by atoms with Gasteiger partial charge in [0, 0.05) is 22.7 Å². The molecule has 0 aliphatic rings. The van der Waals surface area contributed by atoms with Crippen LogP contribution in [0.5, 0.6) is 0 Å². The molecular formula is C15H12BrN3O2. The van der Waals surface area contributed by atoms with Crippen molar-refractivity contribution in [3.8, 4) is 11.5 Å². The van der Waals surface area contributed by atoms with E-state index in [2.05, 4.69) is 31.1 Å². The average Bonchev–Trinajstić information content (AvgIpc) is 2.93. The number of benzene rings is 1. The molecule has 0 atom stereocenters. The number of halogens is 1. The van der Waals surface area contributed by atoms with Gasteiger partial charge in [0.25, 0.3) is 0 Å². The summed E-state index contributed by atoms with van der Waals surface area (Å²) in [6.07, 6.45) is 0.849. The van der Waals surface area contributed by atoms with Crippen LogP contribution in [0.25, 0.3) is 22.4 Å². The van der Waals surface area contributed by atoms with E-state index in [9.17, 15) is 4.79 Å². The quantitative estimate of drug-likeness (QED) is 0.722.